The minimum absolute atomic E-state index is 0.366. The molecule has 0 aliphatic rings. The van der Waals surface area contributed by atoms with Gasteiger partial charge < -0.3 is 10.4 Å². The molecule has 19 heavy (non-hydrogen) atoms. The van der Waals surface area contributed by atoms with Crippen molar-refractivity contribution >= 4 is 11.9 Å². The van der Waals surface area contributed by atoms with E-state index < -0.39 is 17.9 Å². The molecule has 0 radical (unpaired) electrons. The van der Waals surface area contributed by atoms with Gasteiger partial charge in [0.2, 0.25) is 0 Å². The summed E-state index contributed by atoms with van der Waals surface area (Å²) in [4.78, 5) is 22.4. The number of carboxylic acids is 1. The number of rotatable bonds is 4. The van der Waals surface area contributed by atoms with E-state index in [1.807, 2.05) is 0 Å². The van der Waals surface area contributed by atoms with Crippen LogP contribution in [0.4, 0.5) is 0 Å². The Hall–Kier alpha value is -2.77. The highest BCUT2D eigenvalue weighted by Gasteiger charge is 2.15. The number of carbonyl (C=O) groups excluding carboxylic acids is 1. The van der Waals surface area contributed by atoms with Gasteiger partial charge in [0.25, 0.3) is 5.91 Å². The number of amides is 1. The van der Waals surface area contributed by atoms with Crippen molar-refractivity contribution in [3.63, 3.8) is 0 Å². The topological polar surface area (TPSA) is 110 Å². The molecule has 0 spiro atoms. The number of tetrazole rings is 1. The molecule has 0 bridgehead atoms. The van der Waals surface area contributed by atoms with Crippen LogP contribution < -0.4 is 5.32 Å². The molecule has 1 amide bonds. The number of nitrogens with one attached hydrogen (secondary N) is 1. The van der Waals surface area contributed by atoms with E-state index in [4.69, 9.17) is 5.11 Å². The molecular formula is C11H11N5O3. The molecule has 0 saturated heterocycles. The molecule has 0 unspecified atom stereocenters. The molecule has 0 aliphatic carbocycles. The Morgan fingerprint density at radius 2 is 2.00 bits per heavy atom. The molecule has 1 aromatic heterocycles. The molecule has 0 aliphatic heterocycles. The van der Waals surface area contributed by atoms with Crippen molar-refractivity contribution in [2.24, 2.45) is 0 Å². The highest BCUT2D eigenvalue weighted by molar-refractivity contribution is 5.96. The van der Waals surface area contributed by atoms with E-state index in [0.29, 0.717) is 11.3 Å². The van der Waals surface area contributed by atoms with Crippen LogP contribution in [0.3, 0.4) is 0 Å². The molecule has 1 heterocycles. The number of hydrogen-bond donors (Lipinski definition) is 2. The van der Waals surface area contributed by atoms with Crippen LogP contribution in [0.2, 0.25) is 0 Å². The van der Waals surface area contributed by atoms with E-state index in [9.17, 15) is 9.59 Å². The molecule has 2 rings (SSSR count). The summed E-state index contributed by atoms with van der Waals surface area (Å²) in [5.41, 5.74) is 1.07. The second-order valence-electron chi connectivity index (χ2n) is 3.83. The monoisotopic (exact) mass is 261 g/mol. The van der Waals surface area contributed by atoms with Crippen LogP contribution in [0.5, 0.6) is 0 Å². The Balaban J connectivity index is 2.10. The molecule has 8 nitrogen and oxygen atoms in total. The maximum atomic E-state index is 11.7. The van der Waals surface area contributed by atoms with Gasteiger partial charge in [0.05, 0.1) is 5.69 Å². The summed E-state index contributed by atoms with van der Waals surface area (Å²) in [5.74, 6) is -1.53. The summed E-state index contributed by atoms with van der Waals surface area (Å²) in [6.45, 7) is 1.40. The molecular weight excluding hydrogens is 250 g/mol. The van der Waals surface area contributed by atoms with Crippen LogP contribution in [0.15, 0.2) is 30.6 Å². The zero-order chi connectivity index (χ0) is 13.8. The average Bonchev–Trinajstić information content (AvgIpc) is 2.92. The van der Waals surface area contributed by atoms with Gasteiger partial charge in [-0.15, -0.1) is 5.10 Å². The van der Waals surface area contributed by atoms with Crippen molar-refractivity contribution in [3.05, 3.63) is 36.2 Å². The number of carbonyl (C=O) groups is 2. The summed E-state index contributed by atoms with van der Waals surface area (Å²) in [6, 6.07) is 5.53. The lowest BCUT2D eigenvalue weighted by Gasteiger charge is -2.09. The molecule has 0 fully saturated rings. The van der Waals surface area contributed by atoms with Gasteiger partial charge >= 0.3 is 5.97 Å². The fraction of sp³-hybridized carbons (Fsp3) is 0.182. The Bertz CT molecular complexity index is 579. The first-order valence-corrected chi connectivity index (χ1v) is 5.45. The van der Waals surface area contributed by atoms with Gasteiger partial charge in [-0.3, -0.25) is 9.59 Å². The van der Waals surface area contributed by atoms with E-state index in [2.05, 4.69) is 20.8 Å². The van der Waals surface area contributed by atoms with Crippen molar-refractivity contribution < 1.29 is 14.7 Å². The third-order valence-corrected chi connectivity index (χ3v) is 2.46. The number of carboxylic acid groups (broad SMARTS) is 1. The Morgan fingerprint density at radius 1 is 1.32 bits per heavy atom. The number of nitrogens with zero attached hydrogens (tertiary/aromatic N) is 4. The maximum Gasteiger partial charge on any atom is 0.325 e. The first-order chi connectivity index (χ1) is 9.08. The van der Waals surface area contributed by atoms with Gasteiger partial charge in [0.1, 0.15) is 12.4 Å². The summed E-state index contributed by atoms with van der Waals surface area (Å²) in [6.07, 6.45) is 1.43. The average molecular weight is 261 g/mol. The molecule has 1 atom stereocenters. The summed E-state index contributed by atoms with van der Waals surface area (Å²) in [5, 5.41) is 21.8. The van der Waals surface area contributed by atoms with Gasteiger partial charge in [0, 0.05) is 5.56 Å². The molecule has 98 valence electrons. The quantitative estimate of drug-likeness (QED) is 0.793. The molecule has 0 saturated carbocycles. The third-order valence-electron chi connectivity index (χ3n) is 2.46. The fourth-order valence-electron chi connectivity index (χ4n) is 1.39. The molecule has 1 aromatic carbocycles. The van der Waals surface area contributed by atoms with E-state index in [0.717, 1.165) is 0 Å². The summed E-state index contributed by atoms with van der Waals surface area (Å²) < 4.78 is 1.45. The predicted molar refractivity (Wildman–Crippen MR) is 63.7 cm³/mol. The van der Waals surface area contributed by atoms with E-state index >= 15 is 0 Å². The Labute approximate surface area is 108 Å². The number of aromatic nitrogens is 4. The van der Waals surface area contributed by atoms with E-state index in [1.54, 1.807) is 24.3 Å². The largest absolute Gasteiger partial charge is 0.480 e. The van der Waals surface area contributed by atoms with Gasteiger partial charge in [-0.1, -0.05) is 0 Å². The van der Waals surface area contributed by atoms with Gasteiger partial charge in [-0.2, -0.15) is 0 Å². The first-order valence-electron chi connectivity index (χ1n) is 5.45. The smallest absolute Gasteiger partial charge is 0.325 e. The highest BCUT2D eigenvalue weighted by atomic mass is 16.4. The number of aliphatic carboxylic acids is 1. The van der Waals surface area contributed by atoms with Crippen LogP contribution in [0.1, 0.15) is 17.3 Å². The number of hydrogen-bond acceptors (Lipinski definition) is 5. The van der Waals surface area contributed by atoms with Gasteiger partial charge in [0.15, 0.2) is 0 Å². The third kappa shape index (κ3) is 2.92. The van der Waals surface area contributed by atoms with Crippen molar-refractivity contribution in [1.82, 2.24) is 25.5 Å². The standard InChI is InChI=1S/C11H11N5O3/c1-7(11(18)19)13-10(17)8-2-4-9(5-3-8)16-6-12-14-15-16/h2-7H,1H3,(H,13,17)(H,18,19)/t7-/m0/s1. The lowest BCUT2D eigenvalue weighted by Crippen LogP contribution is -2.38. The van der Waals surface area contributed by atoms with Crippen LogP contribution >= 0.6 is 0 Å². The van der Waals surface area contributed by atoms with Crippen molar-refractivity contribution in [1.29, 1.82) is 0 Å². The van der Waals surface area contributed by atoms with Crippen molar-refractivity contribution in [2.45, 2.75) is 13.0 Å². The number of benzene rings is 1. The zero-order valence-electron chi connectivity index (χ0n) is 10.0. The fourth-order valence-corrected chi connectivity index (χ4v) is 1.39. The van der Waals surface area contributed by atoms with Gasteiger partial charge in [-0.25, -0.2) is 4.68 Å². The van der Waals surface area contributed by atoms with Crippen molar-refractivity contribution in [2.75, 3.05) is 0 Å². The lowest BCUT2D eigenvalue weighted by atomic mass is 10.2. The van der Waals surface area contributed by atoms with Crippen LogP contribution in [0.25, 0.3) is 5.69 Å². The SMILES string of the molecule is C[C@H](NC(=O)c1ccc(-n2cnnn2)cc1)C(=O)O. The Morgan fingerprint density at radius 3 is 2.53 bits per heavy atom. The van der Waals surface area contributed by atoms with Crippen LogP contribution in [0, 0.1) is 0 Å². The van der Waals surface area contributed by atoms with E-state index in [1.165, 1.54) is 17.9 Å². The minimum Gasteiger partial charge on any atom is -0.480 e. The van der Waals surface area contributed by atoms with Crippen molar-refractivity contribution in [3.8, 4) is 5.69 Å². The van der Waals surface area contributed by atoms with Crippen LogP contribution in [-0.2, 0) is 4.79 Å². The molecule has 2 N–H and O–H groups in total. The predicted octanol–water partition coefficient (Wildman–Crippen LogP) is -0.135. The molecule has 2 aromatic rings. The second kappa shape index (κ2) is 5.25. The van der Waals surface area contributed by atoms with E-state index in [-0.39, 0.29) is 0 Å². The van der Waals surface area contributed by atoms with Crippen LogP contribution in [-0.4, -0.2) is 43.2 Å². The maximum absolute atomic E-state index is 11.7. The highest BCUT2D eigenvalue weighted by Crippen LogP contribution is 2.07. The van der Waals surface area contributed by atoms with Gasteiger partial charge in [-0.05, 0) is 41.6 Å². The summed E-state index contributed by atoms with van der Waals surface area (Å²) in [7, 11) is 0. The molecule has 8 heteroatoms. The lowest BCUT2D eigenvalue weighted by molar-refractivity contribution is -0.138. The first kappa shape index (κ1) is 12.7. The zero-order valence-corrected chi connectivity index (χ0v) is 10.0. The summed E-state index contributed by atoms with van der Waals surface area (Å²) >= 11 is 0. The Kier molecular flexibility index (Phi) is 3.51. The minimum atomic E-state index is -1.08. The normalized spacial score (nSPS) is 11.8. The second-order valence-corrected chi connectivity index (χ2v) is 3.83.